The Morgan fingerprint density at radius 1 is 1.23 bits per heavy atom. The second kappa shape index (κ2) is 10.8. The van der Waals surface area contributed by atoms with E-state index in [4.69, 9.17) is 10.5 Å². The number of unbranched alkanes of at least 4 members (excludes halogenated alkanes) is 3. The van der Waals surface area contributed by atoms with Crippen molar-refractivity contribution in [3.8, 4) is 5.75 Å². The minimum atomic E-state index is -0.751. The molecule has 1 aromatic carbocycles. The topological polar surface area (TPSA) is 110 Å². The number of carboxylic acid groups (broad SMARTS) is 1. The van der Waals surface area contributed by atoms with Gasteiger partial charge >= 0.3 is 5.97 Å². The molecule has 7 heteroatoms. The molecule has 0 unspecified atom stereocenters. The van der Waals surface area contributed by atoms with E-state index in [0.717, 1.165) is 75.1 Å². The number of carboxylic acids is 1. The lowest BCUT2D eigenvalue weighted by Crippen LogP contribution is -2.07. The van der Waals surface area contributed by atoms with Crippen LogP contribution in [0.4, 0.5) is 11.8 Å². The molecular weight excluding hydrogens is 380 g/mol. The maximum Gasteiger partial charge on any atom is 0.303 e. The van der Waals surface area contributed by atoms with Gasteiger partial charge in [0.05, 0.1) is 13.0 Å². The van der Waals surface area contributed by atoms with Crippen LogP contribution in [-0.4, -0.2) is 34.2 Å². The van der Waals surface area contributed by atoms with Crippen LogP contribution in [0.3, 0.4) is 0 Å². The largest absolute Gasteiger partial charge is 0.493 e. The van der Waals surface area contributed by atoms with Crippen molar-refractivity contribution in [2.45, 2.75) is 64.2 Å². The summed E-state index contributed by atoms with van der Waals surface area (Å²) in [6.07, 6.45) is 7.01. The zero-order chi connectivity index (χ0) is 21.3. The second-order valence-electron chi connectivity index (χ2n) is 7.85. The molecule has 0 radical (unpaired) electrons. The molecule has 3 rings (SSSR count). The molecule has 7 nitrogen and oxygen atoms in total. The van der Waals surface area contributed by atoms with Crippen molar-refractivity contribution in [3.63, 3.8) is 0 Å². The smallest absolute Gasteiger partial charge is 0.303 e. The summed E-state index contributed by atoms with van der Waals surface area (Å²) in [5.74, 6) is 1.28. The van der Waals surface area contributed by atoms with E-state index in [1.807, 2.05) is 19.1 Å². The summed E-state index contributed by atoms with van der Waals surface area (Å²) in [6.45, 7) is 3.48. The van der Waals surface area contributed by atoms with Crippen LogP contribution >= 0.6 is 0 Å². The lowest BCUT2D eigenvalue weighted by molar-refractivity contribution is -0.137. The number of aliphatic carboxylic acids is 1. The molecule has 2 aromatic rings. The molecule has 0 saturated carbocycles. The maximum absolute atomic E-state index is 11.4. The quantitative estimate of drug-likeness (QED) is 0.449. The lowest BCUT2D eigenvalue weighted by Gasteiger charge is -2.16. The fourth-order valence-corrected chi connectivity index (χ4v) is 3.97. The Kier molecular flexibility index (Phi) is 7.88. The van der Waals surface area contributed by atoms with Gasteiger partial charge in [-0.2, -0.15) is 4.98 Å². The number of benzene rings is 1. The van der Waals surface area contributed by atoms with E-state index in [1.54, 1.807) is 0 Å². The first-order valence-corrected chi connectivity index (χ1v) is 10.9. The van der Waals surface area contributed by atoms with Crippen molar-refractivity contribution < 1.29 is 14.6 Å². The van der Waals surface area contributed by atoms with Crippen molar-refractivity contribution in [1.82, 2.24) is 9.97 Å². The van der Waals surface area contributed by atoms with Gasteiger partial charge in [-0.1, -0.05) is 31.4 Å². The zero-order valence-corrected chi connectivity index (χ0v) is 17.7. The third kappa shape index (κ3) is 6.34. The maximum atomic E-state index is 11.4. The lowest BCUT2D eigenvalue weighted by atomic mass is 9.89. The zero-order valence-electron chi connectivity index (χ0n) is 17.7. The summed E-state index contributed by atoms with van der Waals surface area (Å²) in [7, 11) is 0. The number of ether oxygens (including phenoxy) is 1. The Balaban J connectivity index is 1.45. The van der Waals surface area contributed by atoms with Crippen molar-refractivity contribution in [2.24, 2.45) is 0 Å². The molecule has 30 heavy (non-hydrogen) atoms. The Morgan fingerprint density at radius 2 is 2.07 bits per heavy atom. The Bertz CT molecular complexity index is 856. The van der Waals surface area contributed by atoms with Crippen LogP contribution in [0.1, 0.15) is 68.2 Å². The fourth-order valence-electron chi connectivity index (χ4n) is 3.97. The Morgan fingerprint density at radius 3 is 2.87 bits per heavy atom. The monoisotopic (exact) mass is 412 g/mol. The molecule has 1 atom stereocenters. The predicted octanol–water partition coefficient (Wildman–Crippen LogP) is 4.18. The van der Waals surface area contributed by atoms with Gasteiger partial charge in [0.25, 0.3) is 0 Å². The van der Waals surface area contributed by atoms with Crippen molar-refractivity contribution in [1.29, 1.82) is 0 Å². The van der Waals surface area contributed by atoms with E-state index in [-0.39, 0.29) is 12.3 Å². The minimum Gasteiger partial charge on any atom is -0.493 e. The Hall–Kier alpha value is -2.83. The molecule has 1 aliphatic heterocycles. The number of nitrogens with one attached hydrogen (secondary N) is 1. The van der Waals surface area contributed by atoms with Crippen molar-refractivity contribution >= 4 is 17.7 Å². The predicted molar refractivity (Wildman–Crippen MR) is 118 cm³/mol. The Labute approximate surface area is 178 Å². The van der Waals surface area contributed by atoms with Gasteiger partial charge in [0.15, 0.2) is 0 Å². The summed E-state index contributed by atoms with van der Waals surface area (Å²) in [4.78, 5) is 20.0. The summed E-state index contributed by atoms with van der Waals surface area (Å²) in [5, 5.41) is 12.4. The van der Waals surface area contributed by atoms with Gasteiger partial charge in [-0.3, -0.25) is 4.79 Å². The molecule has 162 valence electrons. The number of anilines is 2. The molecule has 2 heterocycles. The van der Waals surface area contributed by atoms with Gasteiger partial charge in [0, 0.05) is 24.7 Å². The first kappa shape index (κ1) is 21.9. The number of nitrogens with zero attached hydrogens (tertiary/aromatic N) is 2. The number of hydrogen-bond acceptors (Lipinski definition) is 6. The standard InChI is InChI=1S/C23H32N4O3/c1-2-25-23-26-19(15-21(24)27-23)8-6-4-3-5-7-17(14-22(28)29)18-10-9-16-11-12-30-20(16)13-18/h9-10,13,15,17H,2-8,11-12,14H2,1H3,(H,28,29)(H3,24,25,26,27)/t17-/m1/s1. The molecule has 0 bridgehead atoms. The van der Waals surface area contributed by atoms with Gasteiger partial charge in [0.1, 0.15) is 11.6 Å². The SMILES string of the molecule is CCNc1nc(N)cc(CCCCCC[C@H](CC(=O)O)c2ccc3c(c2)OCC3)n1. The third-order valence-corrected chi connectivity index (χ3v) is 5.48. The van der Waals surface area contributed by atoms with Crippen molar-refractivity contribution in [2.75, 3.05) is 24.2 Å². The minimum absolute atomic E-state index is 0.0290. The van der Waals surface area contributed by atoms with Gasteiger partial charge in [-0.05, 0) is 49.3 Å². The molecule has 1 aromatic heterocycles. The van der Waals surface area contributed by atoms with E-state index in [9.17, 15) is 9.90 Å². The van der Waals surface area contributed by atoms with Crippen LogP contribution in [0, 0.1) is 0 Å². The van der Waals surface area contributed by atoms with Crippen LogP contribution in [-0.2, 0) is 17.6 Å². The van der Waals surface area contributed by atoms with Crippen LogP contribution < -0.4 is 15.8 Å². The molecule has 0 amide bonds. The van der Waals surface area contributed by atoms with E-state index < -0.39 is 5.97 Å². The van der Waals surface area contributed by atoms with Crippen LogP contribution in [0.5, 0.6) is 5.75 Å². The second-order valence-corrected chi connectivity index (χ2v) is 7.85. The number of hydrogen-bond donors (Lipinski definition) is 3. The van der Waals surface area contributed by atoms with E-state index in [1.165, 1.54) is 5.56 Å². The molecule has 4 N–H and O–H groups in total. The number of aromatic nitrogens is 2. The number of nitrogens with two attached hydrogens (primary N) is 1. The summed E-state index contributed by atoms with van der Waals surface area (Å²) in [6, 6.07) is 8.03. The number of rotatable bonds is 12. The fraction of sp³-hybridized carbons (Fsp3) is 0.522. The van der Waals surface area contributed by atoms with Crippen LogP contribution in [0.15, 0.2) is 24.3 Å². The van der Waals surface area contributed by atoms with Crippen molar-refractivity contribution in [3.05, 3.63) is 41.1 Å². The first-order chi connectivity index (χ1) is 14.5. The molecule has 0 spiro atoms. The number of aryl methyl sites for hydroxylation is 1. The normalized spacial score (nSPS) is 13.5. The van der Waals surface area contributed by atoms with Crippen LogP contribution in [0.25, 0.3) is 0 Å². The number of nitrogen functional groups attached to an aromatic ring is 1. The summed E-state index contributed by atoms with van der Waals surface area (Å²) >= 11 is 0. The molecular formula is C23H32N4O3. The summed E-state index contributed by atoms with van der Waals surface area (Å²) < 4.78 is 5.65. The van der Waals surface area contributed by atoms with E-state index >= 15 is 0 Å². The van der Waals surface area contributed by atoms with Crippen LogP contribution in [0.2, 0.25) is 0 Å². The van der Waals surface area contributed by atoms with E-state index in [0.29, 0.717) is 11.8 Å². The third-order valence-electron chi connectivity index (χ3n) is 5.48. The molecule has 0 fully saturated rings. The molecule has 0 aliphatic carbocycles. The average molecular weight is 413 g/mol. The highest BCUT2D eigenvalue weighted by Gasteiger charge is 2.19. The molecule has 0 saturated heterocycles. The first-order valence-electron chi connectivity index (χ1n) is 10.9. The summed E-state index contributed by atoms with van der Waals surface area (Å²) in [5.41, 5.74) is 9.11. The molecule has 1 aliphatic rings. The average Bonchev–Trinajstić information content (AvgIpc) is 3.17. The van der Waals surface area contributed by atoms with Gasteiger partial charge in [-0.15, -0.1) is 0 Å². The number of fused-ring (bicyclic) bond motifs is 1. The highest BCUT2D eigenvalue weighted by atomic mass is 16.5. The van der Waals surface area contributed by atoms with Gasteiger partial charge in [0.2, 0.25) is 5.95 Å². The highest BCUT2D eigenvalue weighted by Crippen LogP contribution is 2.33. The highest BCUT2D eigenvalue weighted by molar-refractivity contribution is 5.68. The van der Waals surface area contributed by atoms with Gasteiger partial charge in [-0.25, -0.2) is 4.98 Å². The number of carbonyl (C=O) groups is 1. The van der Waals surface area contributed by atoms with E-state index in [2.05, 4.69) is 27.4 Å². The van der Waals surface area contributed by atoms with Gasteiger partial charge < -0.3 is 20.9 Å².